The van der Waals surface area contributed by atoms with Gasteiger partial charge in [-0.15, -0.1) is 0 Å². The molecule has 104 valence electrons. The van der Waals surface area contributed by atoms with Crippen LogP contribution in [-0.2, 0) is 4.79 Å². The van der Waals surface area contributed by atoms with E-state index >= 15 is 0 Å². The van der Waals surface area contributed by atoms with Crippen molar-refractivity contribution in [3.63, 3.8) is 0 Å². The molecule has 1 aliphatic carbocycles. The molecule has 0 radical (unpaired) electrons. The van der Waals surface area contributed by atoms with E-state index < -0.39 is 18.0 Å². The van der Waals surface area contributed by atoms with E-state index in [-0.39, 0.29) is 22.8 Å². The lowest BCUT2D eigenvalue weighted by molar-refractivity contribution is -0.140. The number of aliphatic carboxylic acids is 1. The van der Waals surface area contributed by atoms with Crippen molar-refractivity contribution in [2.45, 2.75) is 53.6 Å². The monoisotopic (exact) mass is 256 g/mol. The van der Waals surface area contributed by atoms with Gasteiger partial charge in [-0.25, -0.2) is 9.59 Å². The average Bonchev–Trinajstić information content (AvgIpc) is 2.56. The van der Waals surface area contributed by atoms with Gasteiger partial charge in [0.25, 0.3) is 0 Å². The fraction of sp³-hybridized carbons (Fsp3) is 0.846. The van der Waals surface area contributed by atoms with Gasteiger partial charge in [0, 0.05) is 6.04 Å². The van der Waals surface area contributed by atoms with Crippen LogP contribution in [0, 0.1) is 16.7 Å². The third-order valence-electron chi connectivity index (χ3n) is 4.52. The van der Waals surface area contributed by atoms with Crippen LogP contribution in [0.3, 0.4) is 0 Å². The summed E-state index contributed by atoms with van der Waals surface area (Å²) in [4.78, 5) is 22.8. The number of carboxylic acids is 1. The topological polar surface area (TPSA) is 78.4 Å². The summed E-state index contributed by atoms with van der Waals surface area (Å²) in [7, 11) is 0. The molecule has 5 heteroatoms. The van der Waals surface area contributed by atoms with Gasteiger partial charge < -0.3 is 15.7 Å². The Morgan fingerprint density at radius 1 is 1.11 bits per heavy atom. The molecule has 0 spiro atoms. The molecule has 1 aliphatic rings. The zero-order valence-electron chi connectivity index (χ0n) is 12.0. The maximum atomic E-state index is 11.8. The predicted molar refractivity (Wildman–Crippen MR) is 69.3 cm³/mol. The normalized spacial score (nSPS) is 22.4. The summed E-state index contributed by atoms with van der Waals surface area (Å²) in [6.45, 7) is 11.9. The maximum absolute atomic E-state index is 11.8. The Balaban J connectivity index is 2.56. The van der Waals surface area contributed by atoms with E-state index in [2.05, 4.69) is 38.3 Å². The number of urea groups is 1. The SMILES string of the molecule is CC(C)C(NC(=O)NC1C(C)(C)C1(C)C)C(=O)O. The van der Waals surface area contributed by atoms with Gasteiger partial charge in [0.15, 0.2) is 0 Å². The standard InChI is InChI=1S/C13H24N2O3/c1-7(2)8(9(16)17)14-11(18)15-10-12(3,4)13(10,5)6/h7-8,10H,1-6H3,(H,16,17)(H2,14,15,18). The Labute approximate surface area is 108 Å². The van der Waals surface area contributed by atoms with Crippen molar-refractivity contribution in [2.24, 2.45) is 16.7 Å². The molecular formula is C13H24N2O3. The van der Waals surface area contributed by atoms with E-state index in [0.717, 1.165) is 0 Å². The Kier molecular flexibility index (Phi) is 3.65. The molecule has 1 atom stereocenters. The van der Waals surface area contributed by atoms with E-state index in [1.54, 1.807) is 13.8 Å². The second kappa shape index (κ2) is 4.44. The maximum Gasteiger partial charge on any atom is 0.326 e. The molecule has 3 N–H and O–H groups in total. The first kappa shape index (κ1) is 14.8. The van der Waals surface area contributed by atoms with Crippen molar-refractivity contribution in [1.82, 2.24) is 10.6 Å². The van der Waals surface area contributed by atoms with Crippen molar-refractivity contribution < 1.29 is 14.7 Å². The largest absolute Gasteiger partial charge is 0.480 e. The minimum atomic E-state index is -1.01. The Morgan fingerprint density at radius 2 is 1.56 bits per heavy atom. The molecule has 0 aromatic carbocycles. The van der Waals surface area contributed by atoms with Crippen molar-refractivity contribution in [2.75, 3.05) is 0 Å². The van der Waals surface area contributed by atoms with Crippen LogP contribution in [0.4, 0.5) is 4.79 Å². The van der Waals surface area contributed by atoms with Crippen molar-refractivity contribution in [1.29, 1.82) is 0 Å². The lowest BCUT2D eigenvalue weighted by Gasteiger charge is -2.18. The third kappa shape index (κ3) is 2.44. The van der Waals surface area contributed by atoms with Crippen LogP contribution in [-0.4, -0.2) is 29.2 Å². The van der Waals surface area contributed by atoms with Gasteiger partial charge in [-0.2, -0.15) is 0 Å². The van der Waals surface area contributed by atoms with Crippen LogP contribution in [0.25, 0.3) is 0 Å². The van der Waals surface area contributed by atoms with Crippen LogP contribution in [0.2, 0.25) is 0 Å². The molecule has 1 unspecified atom stereocenters. The zero-order chi connectivity index (χ0) is 14.3. The summed E-state index contributed by atoms with van der Waals surface area (Å²) in [5.41, 5.74) is 0.0851. The van der Waals surface area contributed by atoms with E-state index in [1.807, 2.05) is 0 Å². The Morgan fingerprint density at radius 3 is 1.83 bits per heavy atom. The minimum Gasteiger partial charge on any atom is -0.480 e. The number of hydrogen-bond acceptors (Lipinski definition) is 2. The van der Waals surface area contributed by atoms with Crippen molar-refractivity contribution in [3.8, 4) is 0 Å². The Hall–Kier alpha value is -1.26. The number of carbonyl (C=O) groups excluding carboxylic acids is 1. The van der Waals surface area contributed by atoms with Gasteiger partial charge in [-0.05, 0) is 16.7 Å². The first-order valence-electron chi connectivity index (χ1n) is 6.31. The van der Waals surface area contributed by atoms with Crippen molar-refractivity contribution >= 4 is 12.0 Å². The summed E-state index contributed by atoms with van der Waals surface area (Å²) in [5.74, 6) is -1.15. The first-order valence-corrected chi connectivity index (χ1v) is 6.31. The van der Waals surface area contributed by atoms with Gasteiger partial charge in [0.1, 0.15) is 6.04 Å². The quantitative estimate of drug-likeness (QED) is 0.718. The highest BCUT2D eigenvalue weighted by Gasteiger charge is 2.65. The van der Waals surface area contributed by atoms with Crippen LogP contribution in [0.1, 0.15) is 41.5 Å². The first-order chi connectivity index (χ1) is 8.01. The predicted octanol–water partition coefficient (Wildman–Crippen LogP) is 1.83. The molecule has 1 rings (SSSR count). The number of carbonyl (C=O) groups is 2. The number of carboxylic acid groups (broad SMARTS) is 1. The summed E-state index contributed by atoms with van der Waals surface area (Å²) >= 11 is 0. The number of rotatable bonds is 4. The highest BCUT2D eigenvalue weighted by atomic mass is 16.4. The summed E-state index contributed by atoms with van der Waals surface area (Å²) in [6, 6.07) is -1.18. The molecule has 0 aromatic rings. The smallest absolute Gasteiger partial charge is 0.326 e. The molecule has 5 nitrogen and oxygen atoms in total. The lowest BCUT2D eigenvalue weighted by atomic mass is 10.0. The van der Waals surface area contributed by atoms with Gasteiger partial charge in [0.05, 0.1) is 0 Å². The third-order valence-corrected chi connectivity index (χ3v) is 4.52. The molecule has 18 heavy (non-hydrogen) atoms. The molecule has 0 heterocycles. The van der Waals surface area contributed by atoms with E-state index in [4.69, 9.17) is 5.11 Å². The number of hydrogen-bond donors (Lipinski definition) is 3. The molecule has 1 saturated carbocycles. The lowest BCUT2D eigenvalue weighted by Crippen LogP contribution is -2.49. The second-order valence-corrected chi connectivity index (χ2v) is 6.55. The second-order valence-electron chi connectivity index (χ2n) is 6.55. The molecular weight excluding hydrogens is 232 g/mol. The molecule has 2 amide bonds. The van der Waals surface area contributed by atoms with E-state index in [1.165, 1.54) is 0 Å². The number of amides is 2. The molecule has 0 bridgehead atoms. The highest BCUT2D eigenvalue weighted by molar-refractivity contribution is 5.83. The highest BCUT2D eigenvalue weighted by Crippen LogP contribution is 2.62. The summed E-state index contributed by atoms with van der Waals surface area (Å²) in [5, 5.41) is 14.4. The number of nitrogens with one attached hydrogen (secondary N) is 2. The molecule has 0 saturated heterocycles. The molecule has 1 fully saturated rings. The van der Waals surface area contributed by atoms with Crippen LogP contribution in [0.15, 0.2) is 0 Å². The summed E-state index contributed by atoms with van der Waals surface area (Å²) in [6.07, 6.45) is 0. The van der Waals surface area contributed by atoms with Gasteiger partial charge in [-0.3, -0.25) is 0 Å². The van der Waals surface area contributed by atoms with Crippen LogP contribution in [0.5, 0.6) is 0 Å². The summed E-state index contributed by atoms with van der Waals surface area (Å²) < 4.78 is 0. The Bertz CT molecular complexity index is 347. The van der Waals surface area contributed by atoms with Crippen LogP contribution < -0.4 is 10.6 Å². The van der Waals surface area contributed by atoms with Crippen LogP contribution >= 0.6 is 0 Å². The average molecular weight is 256 g/mol. The minimum absolute atomic E-state index is 0.0426. The van der Waals surface area contributed by atoms with E-state index in [0.29, 0.717) is 0 Å². The van der Waals surface area contributed by atoms with Gasteiger partial charge in [0.2, 0.25) is 0 Å². The fourth-order valence-electron chi connectivity index (χ4n) is 2.38. The van der Waals surface area contributed by atoms with Crippen molar-refractivity contribution in [3.05, 3.63) is 0 Å². The van der Waals surface area contributed by atoms with Gasteiger partial charge >= 0.3 is 12.0 Å². The van der Waals surface area contributed by atoms with E-state index in [9.17, 15) is 9.59 Å². The molecule has 0 aromatic heterocycles. The fourth-order valence-corrected chi connectivity index (χ4v) is 2.38. The molecule has 0 aliphatic heterocycles. The zero-order valence-corrected chi connectivity index (χ0v) is 12.0. The van der Waals surface area contributed by atoms with Gasteiger partial charge in [-0.1, -0.05) is 41.5 Å².